The molecule has 1 aliphatic heterocycles. The zero-order chi connectivity index (χ0) is 23.2. The van der Waals surface area contributed by atoms with Crippen molar-refractivity contribution < 1.29 is 5.11 Å². The Morgan fingerprint density at radius 1 is 1.22 bits per heavy atom. The molecule has 172 valence electrons. The normalized spacial score (nSPS) is 19.2. The summed E-state index contributed by atoms with van der Waals surface area (Å²) in [5.41, 5.74) is 1.42. The van der Waals surface area contributed by atoms with E-state index in [0.717, 1.165) is 29.8 Å². The van der Waals surface area contributed by atoms with Crippen LogP contribution in [0.25, 0.3) is 11.0 Å². The number of nitrogens with zero attached hydrogens (tertiary/aromatic N) is 5. The largest absolute Gasteiger partial charge is 0.390 e. The minimum absolute atomic E-state index is 0.110. The molecule has 8 nitrogen and oxygen atoms in total. The first-order valence-electron chi connectivity index (χ1n) is 11.0. The Hall–Kier alpha value is -2.58. The summed E-state index contributed by atoms with van der Waals surface area (Å²) in [6.45, 7) is 10.2. The van der Waals surface area contributed by atoms with Crippen LogP contribution >= 0.6 is 11.6 Å². The molecular formula is C23H31ClN6O2. The fourth-order valence-electron chi connectivity index (χ4n) is 4.12. The Bertz CT molecular complexity index is 1190. The third kappa shape index (κ3) is 4.47. The molecular weight excluding hydrogens is 428 g/mol. The van der Waals surface area contributed by atoms with Gasteiger partial charge in [0.1, 0.15) is 5.02 Å². The van der Waals surface area contributed by atoms with E-state index in [4.69, 9.17) is 11.6 Å². The molecule has 0 spiro atoms. The topological polar surface area (TPSA) is 88.2 Å². The summed E-state index contributed by atoms with van der Waals surface area (Å²) < 4.78 is 3.31. The fourth-order valence-corrected chi connectivity index (χ4v) is 4.26. The lowest BCUT2D eigenvalue weighted by Gasteiger charge is -2.18. The van der Waals surface area contributed by atoms with Crippen LogP contribution in [0.5, 0.6) is 0 Å². The van der Waals surface area contributed by atoms with E-state index in [9.17, 15) is 9.90 Å². The number of fused-ring (bicyclic) bond motifs is 1. The standard InChI is InChI=1S/C23H31ClN6O2/c1-14-12-29(13-15(14)2)21-25-11-17(24)20(27-21)26-16-6-7-18-19(10-16)30(22(31)28(18)5)9-8-23(3,4)32/h6-7,10-11,14-15,32H,8-9,12-13H2,1-5H3,(H,25,26,27)/t14-,15?/m0/s1. The van der Waals surface area contributed by atoms with Gasteiger partial charge in [-0.15, -0.1) is 0 Å². The van der Waals surface area contributed by atoms with Gasteiger partial charge in [0.15, 0.2) is 5.82 Å². The van der Waals surface area contributed by atoms with Crippen molar-refractivity contribution in [3.05, 3.63) is 39.9 Å². The molecule has 9 heteroatoms. The first kappa shape index (κ1) is 22.6. The van der Waals surface area contributed by atoms with Gasteiger partial charge in [-0.2, -0.15) is 4.98 Å². The van der Waals surface area contributed by atoms with Gasteiger partial charge >= 0.3 is 5.69 Å². The van der Waals surface area contributed by atoms with Crippen molar-refractivity contribution in [2.75, 3.05) is 23.3 Å². The average molecular weight is 459 g/mol. The number of rotatable bonds is 6. The number of hydrogen-bond donors (Lipinski definition) is 2. The third-order valence-corrected chi connectivity index (χ3v) is 6.63. The number of aryl methyl sites for hydroxylation is 2. The molecule has 3 aromatic rings. The maximum Gasteiger partial charge on any atom is 0.328 e. The van der Waals surface area contributed by atoms with Gasteiger partial charge in [-0.25, -0.2) is 9.78 Å². The quantitative estimate of drug-likeness (QED) is 0.584. The van der Waals surface area contributed by atoms with Crippen molar-refractivity contribution in [3.63, 3.8) is 0 Å². The van der Waals surface area contributed by atoms with Crippen molar-refractivity contribution in [1.29, 1.82) is 0 Å². The zero-order valence-corrected chi connectivity index (χ0v) is 20.0. The average Bonchev–Trinajstić information content (AvgIpc) is 3.18. The number of imidazole rings is 1. The zero-order valence-electron chi connectivity index (χ0n) is 19.3. The van der Waals surface area contributed by atoms with Gasteiger partial charge in [-0.1, -0.05) is 25.4 Å². The van der Waals surface area contributed by atoms with Gasteiger partial charge in [0, 0.05) is 32.4 Å². The molecule has 2 N–H and O–H groups in total. The first-order chi connectivity index (χ1) is 15.0. The monoisotopic (exact) mass is 458 g/mol. The second-order valence-electron chi connectivity index (χ2n) is 9.61. The maximum absolute atomic E-state index is 12.8. The minimum atomic E-state index is -0.854. The SMILES string of the molecule is CC1CN(c2ncc(Cl)c(Nc3ccc4c(c3)n(CCC(C)(C)O)c(=O)n4C)n2)C[C@@H]1C. The number of nitrogens with one attached hydrogen (secondary N) is 1. The Morgan fingerprint density at radius 2 is 1.91 bits per heavy atom. The van der Waals surface area contributed by atoms with E-state index in [1.807, 2.05) is 18.2 Å². The lowest BCUT2D eigenvalue weighted by Crippen LogP contribution is -2.27. The maximum atomic E-state index is 12.8. The van der Waals surface area contributed by atoms with Crippen LogP contribution in [0.2, 0.25) is 5.02 Å². The van der Waals surface area contributed by atoms with Crippen molar-refractivity contribution in [2.45, 2.75) is 46.3 Å². The molecule has 1 aromatic carbocycles. The molecule has 32 heavy (non-hydrogen) atoms. The molecule has 0 saturated carbocycles. The van der Waals surface area contributed by atoms with Crippen LogP contribution in [-0.4, -0.2) is 42.9 Å². The molecule has 4 rings (SSSR count). The number of benzene rings is 1. The molecule has 3 heterocycles. The predicted octanol–water partition coefficient (Wildman–Crippen LogP) is 3.78. The molecule has 2 aromatic heterocycles. The van der Waals surface area contributed by atoms with E-state index in [1.165, 1.54) is 0 Å². The molecule has 1 aliphatic rings. The molecule has 0 bridgehead atoms. The van der Waals surface area contributed by atoms with E-state index in [2.05, 4.69) is 34.0 Å². The Labute approximate surface area is 192 Å². The molecule has 0 amide bonds. The highest BCUT2D eigenvalue weighted by Gasteiger charge is 2.28. The molecule has 1 unspecified atom stereocenters. The highest BCUT2D eigenvalue weighted by molar-refractivity contribution is 6.32. The van der Waals surface area contributed by atoms with Gasteiger partial charge in [0.25, 0.3) is 0 Å². The number of aliphatic hydroxyl groups is 1. The summed E-state index contributed by atoms with van der Waals surface area (Å²) in [6, 6.07) is 5.72. The highest BCUT2D eigenvalue weighted by atomic mass is 35.5. The highest BCUT2D eigenvalue weighted by Crippen LogP contribution is 2.30. The summed E-state index contributed by atoms with van der Waals surface area (Å²) in [5, 5.41) is 13.8. The van der Waals surface area contributed by atoms with E-state index >= 15 is 0 Å². The summed E-state index contributed by atoms with van der Waals surface area (Å²) in [6.07, 6.45) is 2.09. The summed E-state index contributed by atoms with van der Waals surface area (Å²) in [4.78, 5) is 24.0. The van der Waals surface area contributed by atoms with Gasteiger partial charge in [0.2, 0.25) is 5.95 Å². The van der Waals surface area contributed by atoms with E-state index in [-0.39, 0.29) is 5.69 Å². The number of hydrogen-bond acceptors (Lipinski definition) is 6. The fraction of sp³-hybridized carbons (Fsp3) is 0.522. The van der Waals surface area contributed by atoms with E-state index < -0.39 is 5.60 Å². The van der Waals surface area contributed by atoms with Crippen molar-refractivity contribution in [3.8, 4) is 0 Å². The van der Waals surface area contributed by atoms with Crippen LogP contribution in [0.1, 0.15) is 34.1 Å². The second kappa shape index (κ2) is 8.41. The number of anilines is 3. The lowest BCUT2D eigenvalue weighted by atomic mass is 10.0. The van der Waals surface area contributed by atoms with Crippen LogP contribution in [0.15, 0.2) is 29.2 Å². The Morgan fingerprint density at radius 3 is 2.56 bits per heavy atom. The molecule has 0 aliphatic carbocycles. The van der Waals surface area contributed by atoms with Crippen LogP contribution in [0.3, 0.4) is 0 Å². The van der Waals surface area contributed by atoms with Crippen molar-refractivity contribution >= 4 is 40.1 Å². The lowest BCUT2D eigenvalue weighted by molar-refractivity contribution is 0.0662. The molecule has 1 saturated heterocycles. The summed E-state index contributed by atoms with van der Waals surface area (Å²) >= 11 is 6.40. The first-order valence-corrected chi connectivity index (χ1v) is 11.4. The molecule has 1 fully saturated rings. The molecule has 0 radical (unpaired) electrons. The second-order valence-corrected chi connectivity index (χ2v) is 10.0. The number of aromatic nitrogens is 4. The van der Waals surface area contributed by atoms with Gasteiger partial charge in [0.05, 0.1) is 22.8 Å². The van der Waals surface area contributed by atoms with Crippen LogP contribution in [0.4, 0.5) is 17.5 Å². The van der Waals surface area contributed by atoms with Crippen LogP contribution in [-0.2, 0) is 13.6 Å². The van der Waals surface area contributed by atoms with Crippen molar-refractivity contribution in [2.24, 2.45) is 18.9 Å². The van der Waals surface area contributed by atoms with Gasteiger partial charge in [-0.05, 0) is 50.3 Å². The minimum Gasteiger partial charge on any atom is -0.390 e. The summed E-state index contributed by atoms with van der Waals surface area (Å²) in [5.74, 6) is 2.37. The van der Waals surface area contributed by atoms with E-state index in [1.54, 1.807) is 36.2 Å². The molecule has 2 atom stereocenters. The van der Waals surface area contributed by atoms with Crippen LogP contribution < -0.4 is 15.9 Å². The van der Waals surface area contributed by atoms with E-state index in [0.29, 0.717) is 41.6 Å². The number of halogens is 1. The predicted molar refractivity (Wildman–Crippen MR) is 129 cm³/mol. The van der Waals surface area contributed by atoms with Crippen molar-refractivity contribution in [1.82, 2.24) is 19.1 Å². The van der Waals surface area contributed by atoms with Crippen LogP contribution in [0, 0.1) is 11.8 Å². The van der Waals surface area contributed by atoms with Gasteiger partial charge < -0.3 is 15.3 Å². The Kier molecular flexibility index (Phi) is 5.94. The van der Waals surface area contributed by atoms with Gasteiger partial charge in [-0.3, -0.25) is 9.13 Å². The third-order valence-electron chi connectivity index (χ3n) is 6.36. The smallest absolute Gasteiger partial charge is 0.328 e. The Balaban J connectivity index is 1.65. The summed E-state index contributed by atoms with van der Waals surface area (Å²) in [7, 11) is 1.75.